The average molecular weight is 347 g/mol. The number of carbonyl (C=O) groups is 1. The number of carbonyl (C=O) groups excluding carboxylic acids is 1. The van der Waals surface area contributed by atoms with Gasteiger partial charge >= 0.3 is 0 Å². The van der Waals surface area contributed by atoms with Crippen LogP contribution in [0.5, 0.6) is 0 Å². The number of rotatable bonds is 4. The number of nitrogens with zero attached hydrogens (tertiary/aromatic N) is 5. The van der Waals surface area contributed by atoms with Crippen molar-refractivity contribution in [3.05, 3.63) is 42.2 Å². The van der Waals surface area contributed by atoms with Crippen molar-refractivity contribution in [1.82, 2.24) is 24.4 Å². The molecule has 0 bridgehead atoms. The summed E-state index contributed by atoms with van der Waals surface area (Å²) in [5, 5.41) is 1.03. The molecule has 132 valence electrons. The molecule has 4 heterocycles. The van der Waals surface area contributed by atoms with E-state index in [0.29, 0.717) is 12.2 Å². The molecular formula is C20H21N5O. The Labute approximate surface area is 151 Å². The zero-order valence-corrected chi connectivity index (χ0v) is 14.9. The lowest BCUT2D eigenvalue weighted by atomic mass is 10.1. The Bertz CT molecular complexity index is 1000. The Kier molecular flexibility index (Phi) is 3.60. The summed E-state index contributed by atoms with van der Waals surface area (Å²) in [5.74, 6) is 1.68. The predicted molar refractivity (Wildman–Crippen MR) is 98.5 cm³/mol. The molecule has 0 amide bonds. The van der Waals surface area contributed by atoms with Crippen molar-refractivity contribution in [2.24, 2.45) is 5.92 Å². The molecule has 0 atom stereocenters. The maximum Gasteiger partial charge on any atom is 0.141 e. The van der Waals surface area contributed by atoms with Crippen LogP contribution in [0.1, 0.15) is 24.4 Å². The van der Waals surface area contributed by atoms with Gasteiger partial charge in [-0.2, -0.15) is 0 Å². The van der Waals surface area contributed by atoms with Gasteiger partial charge in [-0.25, -0.2) is 4.98 Å². The van der Waals surface area contributed by atoms with Gasteiger partial charge < -0.3 is 4.57 Å². The number of ketones is 1. The second-order valence-corrected chi connectivity index (χ2v) is 7.46. The summed E-state index contributed by atoms with van der Waals surface area (Å²) in [7, 11) is 2.12. The van der Waals surface area contributed by atoms with E-state index in [2.05, 4.69) is 37.5 Å². The van der Waals surface area contributed by atoms with Crippen LogP contribution in [-0.2, 0) is 24.3 Å². The topological polar surface area (TPSA) is 63.9 Å². The molecule has 5 rings (SSSR count). The predicted octanol–water partition coefficient (Wildman–Crippen LogP) is 2.46. The Morgan fingerprint density at radius 2 is 2.00 bits per heavy atom. The Morgan fingerprint density at radius 3 is 2.85 bits per heavy atom. The van der Waals surface area contributed by atoms with Gasteiger partial charge in [-0.15, -0.1) is 0 Å². The highest BCUT2D eigenvalue weighted by atomic mass is 16.1. The van der Waals surface area contributed by atoms with Crippen molar-refractivity contribution in [2.75, 3.05) is 13.6 Å². The number of aromatic nitrogens is 4. The van der Waals surface area contributed by atoms with Gasteiger partial charge in [-0.05, 0) is 32.0 Å². The molecule has 6 nitrogen and oxygen atoms in total. The van der Waals surface area contributed by atoms with E-state index in [0.717, 1.165) is 66.2 Å². The molecule has 1 aliphatic carbocycles. The van der Waals surface area contributed by atoms with E-state index in [1.54, 1.807) is 6.20 Å². The number of pyridine rings is 2. The maximum atomic E-state index is 12.1. The largest absolute Gasteiger partial charge is 0.326 e. The van der Waals surface area contributed by atoms with Crippen molar-refractivity contribution >= 4 is 16.7 Å². The van der Waals surface area contributed by atoms with Crippen LogP contribution in [0.3, 0.4) is 0 Å². The Hall–Kier alpha value is -2.60. The van der Waals surface area contributed by atoms with Gasteiger partial charge in [0.2, 0.25) is 0 Å². The number of Topliss-reactive ketones (excluding diaryl/α,β-unsaturated/α-hetero) is 1. The van der Waals surface area contributed by atoms with Crippen LogP contribution < -0.4 is 0 Å². The smallest absolute Gasteiger partial charge is 0.141 e. The molecule has 1 fully saturated rings. The third kappa shape index (κ3) is 2.80. The minimum atomic E-state index is 0.272. The number of hydrogen-bond acceptors (Lipinski definition) is 5. The van der Waals surface area contributed by atoms with E-state index < -0.39 is 0 Å². The molecule has 0 spiro atoms. The van der Waals surface area contributed by atoms with Crippen molar-refractivity contribution in [3.8, 4) is 11.3 Å². The molecule has 26 heavy (non-hydrogen) atoms. The van der Waals surface area contributed by atoms with Gasteiger partial charge in [0.15, 0.2) is 0 Å². The summed E-state index contributed by atoms with van der Waals surface area (Å²) in [6.07, 6.45) is 8.12. The molecule has 2 aliphatic rings. The molecule has 0 radical (unpaired) electrons. The van der Waals surface area contributed by atoms with Crippen molar-refractivity contribution in [3.63, 3.8) is 0 Å². The Morgan fingerprint density at radius 1 is 1.12 bits per heavy atom. The molecule has 1 saturated carbocycles. The molecule has 0 saturated heterocycles. The fourth-order valence-electron chi connectivity index (χ4n) is 3.65. The zero-order valence-electron chi connectivity index (χ0n) is 14.9. The number of fused-ring (bicyclic) bond motifs is 2. The van der Waals surface area contributed by atoms with Crippen LogP contribution in [0.25, 0.3) is 22.2 Å². The molecule has 0 unspecified atom stereocenters. The van der Waals surface area contributed by atoms with Gasteiger partial charge in [0.25, 0.3) is 0 Å². The van der Waals surface area contributed by atoms with Crippen LogP contribution in [0.4, 0.5) is 0 Å². The minimum absolute atomic E-state index is 0.272. The lowest BCUT2D eigenvalue weighted by Crippen LogP contribution is -2.30. The van der Waals surface area contributed by atoms with Crippen molar-refractivity contribution in [1.29, 1.82) is 0 Å². The first-order chi connectivity index (χ1) is 12.7. The van der Waals surface area contributed by atoms with Crippen LogP contribution in [-0.4, -0.2) is 43.8 Å². The van der Waals surface area contributed by atoms with Crippen LogP contribution in [0.2, 0.25) is 0 Å². The van der Waals surface area contributed by atoms with E-state index in [1.807, 2.05) is 18.5 Å². The van der Waals surface area contributed by atoms with Crippen LogP contribution in [0.15, 0.2) is 30.7 Å². The molecule has 0 N–H and O–H groups in total. The highest BCUT2D eigenvalue weighted by molar-refractivity contribution is 5.87. The third-order valence-corrected chi connectivity index (χ3v) is 5.36. The number of imidazole rings is 1. The summed E-state index contributed by atoms with van der Waals surface area (Å²) in [5.41, 5.74) is 3.86. The molecular weight excluding hydrogens is 326 g/mol. The van der Waals surface area contributed by atoms with E-state index >= 15 is 0 Å². The fourth-order valence-corrected chi connectivity index (χ4v) is 3.65. The summed E-state index contributed by atoms with van der Waals surface area (Å²) < 4.78 is 2.28. The number of hydrogen-bond donors (Lipinski definition) is 0. The summed E-state index contributed by atoms with van der Waals surface area (Å²) >= 11 is 0. The zero-order chi connectivity index (χ0) is 17.7. The summed E-state index contributed by atoms with van der Waals surface area (Å²) in [6, 6.07) is 4.14. The maximum absolute atomic E-state index is 12.1. The molecule has 3 aromatic heterocycles. The van der Waals surface area contributed by atoms with Crippen LogP contribution in [0, 0.1) is 5.92 Å². The quantitative estimate of drug-likeness (QED) is 0.725. The van der Waals surface area contributed by atoms with Crippen molar-refractivity contribution in [2.45, 2.75) is 32.4 Å². The van der Waals surface area contributed by atoms with Gasteiger partial charge in [0.1, 0.15) is 11.6 Å². The lowest BCUT2D eigenvalue weighted by molar-refractivity contribution is -0.119. The first-order valence-corrected chi connectivity index (χ1v) is 9.18. The summed E-state index contributed by atoms with van der Waals surface area (Å²) in [6.45, 7) is 2.84. The van der Waals surface area contributed by atoms with Gasteiger partial charge in [-0.3, -0.25) is 19.7 Å². The highest BCUT2D eigenvalue weighted by Gasteiger charge is 2.29. The molecule has 6 heteroatoms. The Balaban J connectivity index is 1.50. The van der Waals surface area contributed by atoms with E-state index in [-0.39, 0.29) is 5.92 Å². The van der Waals surface area contributed by atoms with Gasteiger partial charge in [-0.1, -0.05) is 0 Å². The van der Waals surface area contributed by atoms with E-state index in [9.17, 15) is 4.79 Å². The second-order valence-electron chi connectivity index (χ2n) is 7.46. The van der Waals surface area contributed by atoms with E-state index in [1.165, 1.54) is 0 Å². The monoisotopic (exact) mass is 347 g/mol. The SMILES string of the molecule is CN1CCn2c(-c3cnc4cnc(CC(=O)C5CC5)cc4c3)cnc2C1. The van der Waals surface area contributed by atoms with Gasteiger partial charge in [0.05, 0.1) is 30.1 Å². The van der Waals surface area contributed by atoms with Gasteiger partial charge in [0, 0.05) is 48.3 Å². The third-order valence-electron chi connectivity index (χ3n) is 5.36. The minimum Gasteiger partial charge on any atom is -0.326 e. The first kappa shape index (κ1) is 15.6. The normalized spacial score (nSPS) is 17.4. The highest BCUT2D eigenvalue weighted by Crippen LogP contribution is 2.31. The van der Waals surface area contributed by atoms with Crippen molar-refractivity contribution < 1.29 is 4.79 Å². The molecule has 0 aromatic carbocycles. The molecule has 3 aromatic rings. The molecule has 1 aliphatic heterocycles. The second kappa shape index (κ2) is 5.99. The summed E-state index contributed by atoms with van der Waals surface area (Å²) in [4.78, 5) is 27.9. The standard InChI is InChI=1S/C20H21N5O/c1-24-4-5-25-18(11-23-20(25)12-24)15-6-14-7-16(8-19(26)13-2-3-13)21-10-17(14)22-9-15/h6-7,9-11,13H,2-5,8,12H2,1H3. The lowest BCUT2D eigenvalue weighted by Gasteiger charge is -2.24. The number of likely N-dealkylation sites (N-methyl/N-ethyl adjacent to an activating group) is 1. The fraction of sp³-hybridized carbons (Fsp3) is 0.400. The van der Waals surface area contributed by atoms with E-state index in [4.69, 9.17) is 0 Å². The van der Waals surface area contributed by atoms with Crippen LogP contribution >= 0.6 is 0 Å². The average Bonchev–Trinajstić information content (AvgIpc) is 3.41. The first-order valence-electron chi connectivity index (χ1n) is 9.18.